The highest BCUT2D eigenvalue weighted by Gasteiger charge is 2.55. The van der Waals surface area contributed by atoms with E-state index in [1.807, 2.05) is 0 Å². The van der Waals surface area contributed by atoms with Gasteiger partial charge >= 0.3 is 12.3 Å². The number of carbonyl (C=O) groups excluding carboxylic acids is 2. The van der Waals surface area contributed by atoms with Crippen molar-refractivity contribution in [3.8, 4) is 5.75 Å². The number of fused-ring (bicyclic) bond motifs is 2. The van der Waals surface area contributed by atoms with Gasteiger partial charge in [0.15, 0.2) is 0 Å². The predicted molar refractivity (Wildman–Crippen MR) is 115 cm³/mol. The molecule has 0 bridgehead atoms. The maximum Gasteiger partial charge on any atom is 0.573 e. The van der Waals surface area contributed by atoms with Crippen LogP contribution in [0.15, 0.2) is 42.5 Å². The average molecular weight is 494 g/mol. The SMILES string of the molecule is NC(CC=O)(C(=O)O)C1c2ccc(F)cc2N(C(=O)c2ccc(OC(F)(F)F)cc2)C2CCCC21. The van der Waals surface area contributed by atoms with Gasteiger partial charge in [-0.2, -0.15) is 0 Å². The van der Waals surface area contributed by atoms with Crippen LogP contribution in [-0.4, -0.2) is 41.2 Å². The molecule has 1 fully saturated rings. The molecule has 4 rings (SSSR count). The fraction of sp³-hybridized carbons (Fsp3) is 0.375. The van der Waals surface area contributed by atoms with Gasteiger partial charge in [-0.1, -0.05) is 12.5 Å². The molecule has 1 amide bonds. The maximum absolute atomic E-state index is 14.4. The van der Waals surface area contributed by atoms with Crippen molar-refractivity contribution in [2.75, 3.05) is 4.90 Å². The van der Waals surface area contributed by atoms with Gasteiger partial charge < -0.3 is 25.3 Å². The van der Waals surface area contributed by atoms with Crippen LogP contribution in [0.4, 0.5) is 23.2 Å². The summed E-state index contributed by atoms with van der Waals surface area (Å²) in [6.45, 7) is 0. The molecule has 0 saturated heterocycles. The van der Waals surface area contributed by atoms with E-state index in [2.05, 4.69) is 4.74 Å². The van der Waals surface area contributed by atoms with Gasteiger partial charge in [0.2, 0.25) is 0 Å². The maximum atomic E-state index is 14.4. The number of amides is 1. The molecule has 4 unspecified atom stereocenters. The molecule has 1 heterocycles. The molecule has 11 heteroatoms. The summed E-state index contributed by atoms with van der Waals surface area (Å²) in [5.41, 5.74) is 4.83. The highest BCUT2D eigenvalue weighted by molar-refractivity contribution is 6.07. The zero-order valence-electron chi connectivity index (χ0n) is 18.3. The second kappa shape index (κ2) is 8.95. The zero-order valence-corrected chi connectivity index (χ0v) is 18.3. The van der Waals surface area contributed by atoms with Gasteiger partial charge in [0.05, 0.1) is 5.69 Å². The van der Waals surface area contributed by atoms with E-state index in [0.29, 0.717) is 31.1 Å². The largest absolute Gasteiger partial charge is 0.573 e. The number of aldehydes is 1. The molecule has 4 atom stereocenters. The molecule has 35 heavy (non-hydrogen) atoms. The van der Waals surface area contributed by atoms with Crippen molar-refractivity contribution >= 4 is 23.9 Å². The van der Waals surface area contributed by atoms with Crippen molar-refractivity contribution < 1.29 is 41.8 Å². The van der Waals surface area contributed by atoms with Gasteiger partial charge in [0, 0.05) is 23.9 Å². The summed E-state index contributed by atoms with van der Waals surface area (Å²) >= 11 is 0. The first kappa shape index (κ1) is 24.6. The quantitative estimate of drug-likeness (QED) is 0.464. The number of anilines is 1. The van der Waals surface area contributed by atoms with E-state index in [1.54, 1.807) is 0 Å². The van der Waals surface area contributed by atoms with Crippen molar-refractivity contribution in [3.05, 3.63) is 59.4 Å². The topological polar surface area (TPSA) is 110 Å². The highest BCUT2D eigenvalue weighted by atomic mass is 19.4. The van der Waals surface area contributed by atoms with Gasteiger partial charge in [-0.25, -0.2) is 4.39 Å². The number of carbonyl (C=O) groups is 3. The molecule has 0 radical (unpaired) electrons. The third kappa shape index (κ3) is 4.47. The Morgan fingerprint density at radius 2 is 1.83 bits per heavy atom. The summed E-state index contributed by atoms with van der Waals surface area (Å²) in [6.07, 6.45) is -3.28. The number of hydrogen-bond acceptors (Lipinski definition) is 5. The highest BCUT2D eigenvalue weighted by Crippen LogP contribution is 2.53. The number of hydrogen-bond donors (Lipinski definition) is 2. The molecule has 7 nitrogen and oxygen atoms in total. The van der Waals surface area contributed by atoms with Crippen molar-refractivity contribution in [1.82, 2.24) is 0 Å². The first-order valence-electron chi connectivity index (χ1n) is 10.9. The Balaban J connectivity index is 1.80. The van der Waals surface area contributed by atoms with Crippen molar-refractivity contribution in [3.63, 3.8) is 0 Å². The molecule has 0 spiro atoms. The smallest absolute Gasteiger partial charge is 0.480 e. The van der Waals surface area contributed by atoms with Crippen LogP contribution in [0.3, 0.4) is 0 Å². The molecule has 2 aromatic rings. The Morgan fingerprint density at radius 3 is 2.43 bits per heavy atom. The van der Waals surface area contributed by atoms with E-state index in [9.17, 15) is 37.1 Å². The second-order valence-electron chi connectivity index (χ2n) is 8.81. The van der Waals surface area contributed by atoms with Crippen molar-refractivity contribution in [2.45, 2.75) is 49.5 Å². The van der Waals surface area contributed by atoms with Gasteiger partial charge in [0.25, 0.3) is 5.91 Å². The molecule has 0 aromatic heterocycles. The summed E-state index contributed by atoms with van der Waals surface area (Å²) in [7, 11) is 0. The van der Waals surface area contributed by atoms with E-state index in [-0.39, 0.29) is 11.3 Å². The van der Waals surface area contributed by atoms with Crippen LogP contribution >= 0.6 is 0 Å². The fourth-order valence-electron chi connectivity index (χ4n) is 5.42. The van der Waals surface area contributed by atoms with Crippen LogP contribution in [-0.2, 0) is 9.59 Å². The lowest BCUT2D eigenvalue weighted by Crippen LogP contribution is -2.60. The first-order valence-corrected chi connectivity index (χ1v) is 10.9. The number of rotatable bonds is 6. The molecular weight excluding hydrogens is 472 g/mol. The Labute approximate surface area is 197 Å². The Morgan fingerprint density at radius 1 is 1.14 bits per heavy atom. The summed E-state index contributed by atoms with van der Waals surface area (Å²) in [4.78, 5) is 38.5. The van der Waals surface area contributed by atoms with Crippen molar-refractivity contribution in [2.24, 2.45) is 11.7 Å². The number of ether oxygens (including phenoxy) is 1. The molecule has 1 aliphatic heterocycles. The summed E-state index contributed by atoms with van der Waals surface area (Å²) in [5.74, 6) is -4.42. The van der Waals surface area contributed by atoms with E-state index in [1.165, 1.54) is 23.1 Å². The minimum absolute atomic E-state index is 0.0453. The Bertz CT molecular complexity index is 1150. The minimum Gasteiger partial charge on any atom is -0.480 e. The number of aliphatic carboxylic acids is 1. The van der Waals surface area contributed by atoms with Gasteiger partial charge in [-0.3, -0.25) is 9.59 Å². The van der Waals surface area contributed by atoms with Gasteiger partial charge in [0.1, 0.15) is 23.4 Å². The normalized spacial score (nSPS) is 23.1. The van der Waals surface area contributed by atoms with Crippen molar-refractivity contribution in [1.29, 1.82) is 0 Å². The Hall–Kier alpha value is -3.47. The van der Waals surface area contributed by atoms with E-state index < -0.39 is 59.6 Å². The summed E-state index contributed by atoms with van der Waals surface area (Å²) < 4.78 is 55.6. The number of halogens is 4. The third-order valence-corrected chi connectivity index (χ3v) is 6.81. The number of alkyl halides is 3. The molecule has 2 aliphatic rings. The molecule has 2 aromatic carbocycles. The number of carboxylic acids is 1. The Kier molecular flexibility index (Phi) is 6.31. The molecular formula is C24H22F4N2O5. The van der Waals surface area contributed by atoms with E-state index in [4.69, 9.17) is 5.73 Å². The van der Waals surface area contributed by atoms with Crippen LogP contribution in [0.25, 0.3) is 0 Å². The predicted octanol–water partition coefficient (Wildman–Crippen LogP) is 4.01. The summed E-state index contributed by atoms with van der Waals surface area (Å²) in [6, 6.07) is 7.44. The lowest BCUT2D eigenvalue weighted by molar-refractivity contribution is -0.274. The fourth-order valence-corrected chi connectivity index (χ4v) is 5.42. The number of nitrogens with zero attached hydrogens (tertiary/aromatic N) is 1. The van der Waals surface area contributed by atoms with Crippen LogP contribution in [0.5, 0.6) is 5.75 Å². The van der Waals surface area contributed by atoms with Gasteiger partial charge in [-0.15, -0.1) is 13.2 Å². The van der Waals surface area contributed by atoms with E-state index >= 15 is 0 Å². The number of carboxylic acid groups (broad SMARTS) is 1. The van der Waals surface area contributed by atoms with Crippen LogP contribution in [0.1, 0.15) is 47.5 Å². The number of nitrogens with two attached hydrogens (primary N) is 1. The van der Waals surface area contributed by atoms with Crippen LogP contribution in [0, 0.1) is 11.7 Å². The number of benzene rings is 2. The monoisotopic (exact) mass is 494 g/mol. The lowest BCUT2D eigenvalue weighted by Gasteiger charge is -2.48. The van der Waals surface area contributed by atoms with E-state index in [0.717, 1.165) is 24.3 Å². The zero-order chi connectivity index (χ0) is 25.5. The minimum atomic E-state index is -4.89. The summed E-state index contributed by atoms with van der Waals surface area (Å²) in [5, 5.41) is 9.95. The molecule has 3 N–H and O–H groups in total. The first-order chi connectivity index (χ1) is 16.5. The second-order valence-corrected chi connectivity index (χ2v) is 8.81. The van der Waals surface area contributed by atoms with Gasteiger partial charge in [-0.05, 0) is 60.7 Å². The molecule has 186 valence electrons. The third-order valence-electron chi connectivity index (χ3n) is 6.81. The average Bonchev–Trinajstić information content (AvgIpc) is 3.25. The molecule has 1 aliphatic carbocycles. The van der Waals surface area contributed by atoms with Crippen LogP contribution < -0.4 is 15.4 Å². The molecule has 1 saturated carbocycles. The lowest BCUT2D eigenvalue weighted by atomic mass is 9.66. The standard InChI is InChI=1S/C24H22F4N2O5/c25-14-6-9-17-19(12-14)30(21(32)13-4-7-15(8-5-13)35-24(26,27)28)18-3-1-2-16(18)20(17)23(29,10-11-31)22(33)34/h4-9,11-12,16,18,20H,1-3,10,29H2,(H,33,34). The van der Waals surface area contributed by atoms with Crippen LogP contribution in [0.2, 0.25) is 0 Å².